The molecule has 134 valence electrons. The average Bonchev–Trinajstić information content (AvgIpc) is 2.72. The molecule has 0 atom stereocenters. The van der Waals surface area contributed by atoms with E-state index in [1.165, 1.54) is 0 Å². The van der Waals surface area contributed by atoms with E-state index >= 15 is 0 Å². The van der Waals surface area contributed by atoms with Gasteiger partial charge in [-0.3, -0.25) is 0 Å². The van der Waals surface area contributed by atoms with Crippen LogP contribution in [0.4, 0.5) is 0 Å². The number of hydrogen-bond donors (Lipinski definition) is 0. The fourth-order valence-corrected chi connectivity index (χ4v) is 2.83. The molecule has 0 unspecified atom stereocenters. The van der Waals surface area contributed by atoms with E-state index < -0.39 is 0 Å². The van der Waals surface area contributed by atoms with Crippen LogP contribution >= 0.6 is 0 Å². The zero-order chi connectivity index (χ0) is 18.5. The van der Waals surface area contributed by atoms with Crippen molar-refractivity contribution in [2.75, 3.05) is 28.4 Å². The van der Waals surface area contributed by atoms with Crippen LogP contribution in [0.15, 0.2) is 54.6 Å². The molecule has 0 aliphatic heterocycles. The van der Waals surface area contributed by atoms with Crippen molar-refractivity contribution in [1.29, 1.82) is 0 Å². The van der Waals surface area contributed by atoms with Crippen LogP contribution in [-0.4, -0.2) is 33.4 Å². The van der Waals surface area contributed by atoms with E-state index in [1.807, 2.05) is 54.6 Å². The highest BCUT2D eigenvalue weighted by molar-refractivity contribution is 5.75. The second-order valence-corrected chi connectivity index (χ2v) is 5.52. The largest absolute Gasteiger partial charge is 0.497 e. The topological polar surface area (TPSA) is 49.8 Å². The zero-order valence-electron chi connectivity index (χ0n) is 15.3. The second kappa shape index (κ2) is 7.78. The number of methoxy groups -OCH3 is 4. The van der Waals surface area contributed by atoms with Crippen molar-refractivity contribution in [1.82, 2.24) is 4.98 Å². The molecule has 0 amide bonds. The first kappa shape index (κ1) is 17.6. The van der Waals surface area contributed by atoms with Crippen LogP contribution in [0, 0.1) is 0 Å². The number of para-hydroxylation sites is 1. The van der Waals surface area contributed by atoms with E-state index in [-0.39, 0.29) is 0 Å². The van der Waals surface area contributed by atoms with Crippen LogP contribution in [0.1, 0.15) is 0 Å². The minimum Gasteiger partial charge on any atom is -0.497 e. The van der Waals surface area contributed by atoms with Gasteiger partial charge < -0.3 is 18.9 Å². The first-order valence-corrected chi connectivity index (χ1v) is 8.12. The van der Waals surface area contributed by atoms with Gasteiger partial charge in [-0.05, 0) is 36.4 Å². The lowest BCUT2D eigenvalue weighted by atomic mass is 10.1. The third-order valence-electron chi connectivity index (χ3n) is 4.11. The van der Waals surface area contributed by atoms with Gasteiger partial charge in [-0.1, -0.05) is 12.1 Å². The number of hydrogen-bond acceptors (Lipinski definition) is 5. The lowest BCUT2D eigenvalue weighted by molar-refractivity contribution is 0.356. The van der Waals surface area contributed by atoms with Gasteiger partial charge in [0.1, 0.15) is 11.5 Å². The summed E-state index contributed by atoms with van der Waals surface area (Å²) in [5, 5.41) is 0. The molecule has 0 fully saturated rings. The Hall–Kier alpha value is -3.21. The number of pyridine rings is 1. The highest BCUT2D eigenvalue weighted by atomic mass is 16.5. The van der Waals surface area contributed by atoms with Crippen molar-refractivity contribution < 1.29 is 18.9 Å². The van der Waals surface area contributed by atoms with Crippen molar-refractivity contribution in [2.24, 2.45) is 0 Å². The number of benzene rings is 2. The minimum absolute atomic E-state index is 0.654. The molecule has 0 aliphatic rings. The van der Waals surface area contributed by atoms with E-state index in [0.717, 1.165) is 28.3 Å². The Morgan fingerprint density at radius 2 is 1.31 bits per heavy atom. The number of nitrogens with zero attached hydrogens (tertiary/aromatic N) is 1. The Morgan fingerprint density at radius 1 is 0.615 bits per heavy atom. The summed E-state index contributed by atoms with van der Waals surface area (Å²) in [5.41, 5.74) is 3.33. The van der Waals surface area contributed by atoms with Crippen LogP contribution < -0.4 is 18.9 Å². The molecule has 3 rings (SSSR count). The Bertz CT molecular complexity index is 908. The molecule has 0 radical (unpaired) electrons. The van der Waals surface area contributed by atoms with Crippen LogP contribution in [0.25, 0.3) is 22.5 Å². The van der Waals surface area contributed by atoms with Crippen LogP contribution in [0.2, 0.25) is 0 Å². The molecule has 5 heteroatoms. The molecule has 0 N–H and O–H groups in total. The fourth-order valence-electron chi connectivity index (χ4n) is 2.83. The quantitative estimate of drug-likeness (QED) is 0.657. The first-order valence-electron chi connectivity index (χ1n) is 8.12. The smallest absolute Gasteiger partial charge is 0.170 e. The predicted octanol–water partition coefficient (Wildman–Crippen LogP) is 4.45. The van der Waals surface area contributed by atoms with Crippen molar-refractivity contribution in [3.8, 4) is 45.5 Å². The van der Waals surface area contributed by atoms with Crippen molar-refractivity contribution in [2.45, 2.75) is 0 Å². The van der Waals surface area contributed by atoms with E-state index in [0.29, 0.717) is 17.2 Å². The van der Waals surface area contributed by atoms with E-state index in [2.05, 4.69) is 0 Å². The Labute approximate surface area is 153 Å². The molecule has 1 aromatic heterocycles. The summed E-state index contributed by atoms with van der Waals surface area (Å²) in [6, 6.07) is 17.2. The minimum atomic E-state index is 0.654. The molecule has 5 nitrogen and oxygen atoms in total. The van der Waals surface area contributed by atoms with Gasteiger partial charge in [-0.2, -0.15) is 0 Å². The van der Waals surface area contributed by atoms with Crippen molar-refractivity contribution >= 4 is 0 Å². The van der Waals surface area contributed by atoms with E-state index in [9.17, 15) is 0 Å². The van der Waals surface area contributed by atoms with Gasteiger partial charge in [0.15, 0.2) is 11.5 Å². The summed E-state index contributed by atoms with van der Waals surface area (Å²) in [6.07, 6.45) is 0. The van der Waals surface area contributed by atoms with E-state index in [1.54, 1.807) is 28.4 Å². The maximum Gasteiger partial charge on any atom is 0.170 e. The SMILES string of the molecule is COc1ccc(-c2cccc(-c3cccc(OC)c3OC)n2)c(OC)c1. The zero-order valence-corrected chi connectivity index (χ0v) is 15.3. The third-order valence-corrected chi connectivity index (χ3v) is 4.11. The molecular formula is C21H21NO4. The lowest BCUT2D eigenvalue weighted by Crippen LogP contribution is -1.96. The molecule has 1 heterocycles. The Kier molecular flexibility index (Phi) is 5.27. The maximum absolute atomic E-state index is 5.54. The monoisotopic (exact) mass is 351 g/mol. The standard InChI is InChI=1S/C21H21NO4/c1-23-14-11-12-15(20(13-14)25-3)17-8-6-9-18(22-17)16-7-5-10-19(24-2)21(16)26-4/h5-13H,1-4H3. The van der Waals surface area contributed by atoms with Gasteiger partial charge in [0.25, 0.3) is 0 Å². The van der Waals surface area contributed by atoms with Crippen molar-refractivity contribution in [3.05, 3.63) is 54.6 Å². The average molecular weight is 351 g/mol. The van der Waals surface area contributed by atoms with Gasteiger partial charge in [-0.15, -0.1) is 0 Å². The molecular weight excluding hydrogens is 330 g/mol. The molecule has 0 spiro atoms. The molecule has 3 aromatic rings. The molecule has 0 aliphatic carbocycles. The molecule has 0 saturated carbocycles. The van der Waals surface area contributed by atoms with Crippen LogP contribution in [0.3, 0.4) is 0 Å². The van der Waals surface area contributed by atoms with Gasteiger partial charge in [-0.25, -0.2) is 4.98 Å². The maximum atomic E-state index is 5.54. The fraction of sp³-hybridized carbons (Fsp3) is 0.190. The summed E-state index contributed by atoms with van der Waals surface area (Å²) in [7, 11) is 6.50. The highest BCUT2D eigenvalue weighted by Gasteiger charge is 2.14. The molecule has 26 heavy (non-hydrogen) atoms. The Morgan fingerprint density at radius 3 is 1.96 bits per heavy atom. The summed E-state index contributed by atoms with van der Waals surface area (Å²) in [5.74, 6) is 2.75. The van der Waals surface area contributed by atoms with Gasteiger partial charge in [0.2, 0.25) is 0 Å². The number of aromatic nitrogens is 1. The van der Waals surface area contributed by atoms with E-state index in [4.69, 9.17) is 23.9 Å². The highest BCUT2D eigenvalue weighted by Crippen LogP contribution is 2.38. The van der Waals surface area contributed by atoms with Crippen LogP contribution in [0.5, 0.6) is 23.0 Å². The summed E-state index contributed by atoms with van der Waals surface area (Å²) >= 11 is 0. The predicted molar refractivity (Wildman–Crippen MR) is 101 cm³/mol. The Balaban J connectivity index is 2.11. The van der Waals surface area contributed by atoms with Crippen molar-refractivity contribution in [3.63, 3.8) is 0 Å². The number of rotatable bonds is 6. The molecule has 0 bridgehead atoms. The number of ether oxygens (including phenoxy) is 4. The van der Waals surface area contributed by atoms with Gasteiger partial charge in [0.05, 0.1) is 39.8 Å². The van der Waals surface area contributed by atoms with Gasteiger partial charge in [0, 0.05) is 17.2 Å². The lowest BCUT2D eigenvalue weighted by Gasteiger charge is -2.14. The summed E-state index contributed by atoms with van der Waals surface area (Å²) < 4.78 is 21.7. The van der Waals surface area contributed by atoms with Gasteiger partial charge >= 0.3 is 0 Å². The third kappa shape index (κ3) is 3.28. The van der Waals surface area contributed by atoms with Crippen LogP contribution in [-0.2, 0) is 0 Å². The normalized spacial score (nSPS) is 10.3. The molecule has 0 saturated heterocycles. The summed E-state index contributed by atoms with van der Waals surface area (Å²) in [4.78, 5) is 4.80. The first-order chi connectivity index (χ1) is 12.7. The molecule has 2 aromatic carbocycles. The second-order valence-electron chi connectivity index (χ2n) is 5.52. The summed E-state index contributed by atoms with van der Waals surface area (Å²) in [6.45, 7) is 0.